The zero-order valence-corrected chi connectivity index (χ0v) is 18.0. The molecule has 8 nitrogen and oxygen atoms in total. The molecule has 0 saturated carbocycles. The summed E-state index contributed by atoms with van der Waals surface area (Å²) in [7, 11) is -0.971. The van der Waals surface area contributed by atoms with Crippen molar-refractivity contribution in [1.82, 2.24) is 14.1 Å². The van der Waals surface area contributed by atoms with Crippen LogP contribution in [0.25, 0.3) is 0 Å². The Morgan fingerprint density at radius 3 is 2.93 bits per heavy atom. The highest BCUT2D eigenvalue weighted by atomic mass is 32.2. The molecule has 1 fully saturated rings. The third kappa shape index (κ3) is 3.73. The molecule has 0 N–H and O–H groups in total. The highest BCUT2D eigenvalue weighted by molar-refractivity contribution is 7.89. The van der Waals surface area contributed by atoms with Gasteiger partial charge in [0.1, 0.15) is 16.5 Å². The van der Waals surface area contributed by atoms with E-state index >= 15 is 0 Å². The minimum atomic E-state index is -3.98. The number of halogens is 1. The lowest BCUT2D eigenvalue weighted by Crippen LogP contribution is -2.32. The van der Waals surface area contributed by atoms with Gasteiger partial charge in [0.25, 0.3) is 0 Å². The van der Waals surface area contributed by atoms with Gasteiger partial charge in [-0.1, -0.05) is 0 Å². The topological polar surface area (TPSA) is 82.9 Å². The van der Waals surface area contributed by atoms with Crippen molar-refractivity contribution in [2.45, 2.75) is 43.4 Å². The first kappa shape index (κ1) is 21.2. The zero-order valence-electron chi connectivity index (χ0n) is 17.1. The molecule has 0 bridgehead atoms. The van der Waals surface area contributed by atoms with Gasteiger partial charge in [0.2, 0.25) is 10.0 Å². The molecular weight excluding hydrogens is 413 g/mol. The summed E-state index contributed by atoms with van der Waals surface area (Å²) >= 11 is 0. The number of benzene rings is 1. The largest absolute Gasteiger partial charge is 0.495 e. The van der Waals surface area contributed by atoms with E-state index < -0.39 is 21.9 Å². The summed E-state index contributed by atoms with van der Waals surface area (Å²) in [6.07, 6.45) is 2.07. The summed E-state index contributed by atoms with van der Waals surface area (Å²) in [4.78, 5) is -0.166. The Labute approximate surface area is 175 Å². The Morgan fingerprint density at radius 1 is 1.33 bits per heavy atom. The summed E-state index contributed by atoms with van der Waals surface area (Å²) < 4.78 is 60.2. The SMILES string of the molecule is COCCn1nc(C2CCCN2S(=O)(=O)c2cc(F)ccc2OC)c2c1CCOC2. The van der Waals surface area contributed by atoms with Gasteiger partial charge in [-0.05, 0) is 31.0 Å². The number of fused-ring (bicyclic) bond motifs is 1. The average molecular weight is 440 g/mol. The Balaban J connectivity index is 1.74. The molecule has 0 spiro atoms. The van der Waals surface area contributed by atoms with Crippen LogP contribution in [0.5, 0.6) is 5.75 Å². The van der Waals surface area contributed by atoms with E-state index in [0.717, 1.165) is 29.4 Å². The molecule has 30 heavy (non-hydrogen) atoms. The van der Waals surface area contributed by atoms with Crippen molar-refractivity contribution in [1.29, 1.82) is 0 Å². The molecular formula is C20H26FN3O5S. The molecule has 2 aromatic rings. The number of hydrogen-bond donors (Lipinski definition) is 0. The first-order chi connectivity index (χ1) is 14.5. The molecule has 1 aromatic heterocycles. The van der Waals surface area contributed by atoms with Crippen molar-refractivity contribution >= 4 is 10.0 Å². The lowest BCUT2D eigenvalue weighted by molar-refractivity contribution is 0.106. The highest BCUT2D eigenvalue weighted by Gasteiger charge is 2.41. The molecule has 4 rings (SSSR count). The van der Waals surface area contributed by atoms with Gasteiger partial charge in [0.15, 0.2) is 0 Å². The van der Waals surface area contributed by atoms with E-state index in [9.17, 15) is 12.8 Å². The molecule has 2 aliphatic heterocycles. The fourth-order valence-electron chi connectivity index (χ4n) is 4.24. The maximum Gasteiger partial charge on any atom is 0.247 e. The Hall–Kier alpha value is -2.01. The molecule has 0 radical (unpaired) electrons. The highest BCUT2D eigenvalue weighted by Crippen LogP contribution is 2.40. The third-order valence-electron chi connectivity index (χ3n) is 5.67. The molecule has 2 aliphatic rings. The van der Waals surface area contributed by atoms with Crippen LogP contribution in [-0.4, -0.2) is 56.5 Å². The quantitative estimate of drug-likeness (QED) is 0.658. The molecule has 0 aliphatic carbocycles. The number of methoxy groups -OCH3 is 2. The summed E-state index contributed by atoms with van der Waals surface area (Å²) in [5.74, 6) is -0.502. The van der Waals surface area contributed by atoms with Gasteiger partial charge in [-0.15, -0.1) is 0 Å². The average Bonchev–Trinajstić information content (AvgIpc) is 3.37. The monoisotopic (exact) mass is 439 g/mol. The maximum atomic E-state index is 13.9. The van der Waals surface area contributed by atoms with Crippen LogP contribution in [0.4, 0.5) is 4.39 Å². The van der Waals surface area contributed by atoms with E-state index in [0.29, 0.717) is 45.8 Å². The fraction of sp³-hybridized carbons (Fsp3) is 0.550. The summed E-state index contributed by atoms with van der Waals surface area (Å²) in [5, 5.41) is 4.77. The number of hydrogen-bond acceptors (Lipinski definition) is 6. The number of rotatable bonds is 7. The predicted octanol–water partition coefficient (Wildman–Crippen LogP) is 2.28. The van der Waals surface area contributed by atoms with Crippen LogP contribution in [-0.2, 0) is 39.1 Å². The van der Waals surface area contributed by atoms with Crippen molar-refractivity contribution in [3.05, 3.63) is 41.0 Å². The van der Waals surface area contributed by atoms with Gasteiger partial charge in [0.05, 0.1) is 45.2 Å². The molecule has 0 amide bonds. The van der Waals surface area contributed by atoms with Crippen molar-refractivity contribution in [2.24, 2.45) is 0 Å². The van der Waals surface area contributed by atoms with Gasteiger partial charge in [0, 0.05) is 31.3 Å². The van der Waals surface area contributed by atoms with E-state index in [1.165, 1.54) is 23.5 Å². The molecule has 1 aromatic carbocycles. The van der Waals surface area contributed by atoms with E-state index in [1.54, 1.807) is 7.11 Å². The minimum absolute atomic E-state index is 0.123. The molecule has 1 saturated heterocycles. The van der Waals surface area contributed by atoms with E-state index in [1.807, 2.05) is 4.68 Å². The van der Waals surface area contributed by atoms with E-state index in [4.69, 9.17) is 19.3 Å². The van der Waals surface area contributed by atoms with Crippen molar-refractivity contribution in [3.8, 4) is 5.75 Å². The van der Waals surface area contributed by atoms with Crippen molar-refractivity contribution in [2.75, 3.05) is 34.0 Å². The molecule has 1 atom stereocenters. The minimum Gasteiger partial charge on any atom is -0.495 e. The van der Waals surface area contributed by atoms with Gasteiger partial charge in [-0.25, -0.2) is 12.8 Å². The van der Waals surface area contributed by atoms with Gasteiger partial charge in [-0.2, -0.15) is 9.40 Å². The van der Waals surface area contributed by atoms with Crippen LogP contribution in [0, 0.1) is 5.82 Å². The normalized spacial score (nSPS) is 19.8. The molecule has 1 unspecified atom stereocenters. The van der Waals surface area contributed by atoms with E-state index in [2.05, 4.69) is 0 Å². The third-order valence-corrected chi connectivity index (χ3v) is 7.60. The number of sulfonamides is 1. The van der Waals surface area contributed by atoms with Gasteiger partial charge in [-0.3, -0.25) is 4.68 Å². The predicted molar refractivity (Wildman–Crippen MR) is 106 cm³/mol. The summed E-state index contributed by atoms with van der Waals surface area (Å²) in [5.41, 5.74) is 2.74. The van der Waals surface area contributed by atoms with E-state index in [-0.39, 0.29) is 10.6 Å². The molecule has 3 heterocycles. The number of ether oxygens (including phenoxy) is 3. The van der Waals surface area contributed by atoms with Crippen LogP contribution in [0.1, 0.15) is 35.8 Å². The van der Waals surface area contributed by atoms with Gasteiger partial charge >= 0.3 is 0 Å². The van der Waals surface area contributed by atoms with Crippen LogP contribution < -0.4 is 4.74 Å². The lowest BCUT2D eigenvalue weighted by Gasteiger charge is -2.25. The Bertz CT molecular complexity index is 1020. The first-order valence-electron chi connectivity index (χ1n) is 9.98. The number of aromatic nitrogens is 2. The Kier molecular flexibility index (Phi) is 6.10. The van der Waals surface area contributed by atoms with Crippen molar-refractivity contribution < 1.29 is 27.0 Å². The first-order valence-corrected chi connectivity index (χ1v) is 11.4. The second-order valence-electron chi connectivity index (χ2n) is 7.40. The van der Waals surface area contributed by atoms with Crippen LogP contribution in [0.15, 0.2) is 23.1 Å². The van der Waals surface area contributed by atoms with Crippen LogP contribution >= 0.6 is 0 Å². The zero-order chi connectivity index (χ0) is 21.3. The standard InChI is InChI=1S/C20H26FN3O5S/c1-27-11-9-23-16-7-10-29-13-15(16)20(22-23)17-4-3-8-24(17)30(25,26)19-12-14(21)5-6-18(19)28-2/h5-6,12,17H,3-4,7-11,13H2,1-2H3. The second kappa shape index (κ2) is 8.62. The van der Waals surface area contributed by atoms with Crippen LogP contribution in [0.2, 0.25) is 0 Å². The van der Waals surface area contributed by atoms with Gasteiger partial charge < -0.3 is 14.2 Å². The Morgan fingerprint density at radius 2 is 2.17 bits per heavy atom. The smallest absolute Gasteiger partial charge is 0.247 e. The summed E-state index contributed by atoms with van der Waals surface area (Å²) in [6.45, 7) is 2.47. The van der Waals surface area contributed by atoms with Crippen molar-refractivity contribution in [3.63, 3.8) is 0 Å². The van der Waals surface area contributed by atoms with Crippen LogP contribution in [0.3, 0.4) is 0 Å². The maximum absolute atomic E-state index is 13.9. The molecule has 10 heteroatoms. The number of nitrogens with zero attached hydrogens (tertiary/aromatic N) is 3. The fourth-order valence-corrected chi connectivity index (χ4v) is 6.07. The lowest BCUT2D eigenvalue weighted by atomic mass is 10.0. The second-order valence-corrected chi connectivity index (χ2v) is 9.26. The molecule has 164 valence electrons. The summed E-state index contributed by atoms with van der Waals surface area (Å²) in [6, 6.07) is 3.11.